The van der Waals surface area contributed by atoms with Crippen molar-refractivity contribution in [1.82, 2.24) is 20.4 Å². The summed E-state index contributed by atoms with van der Waals surface area (Å²) in [5.74, 6) is -3.07. The highest BCUT2D eigenvalue weighted by atomic mass is 35.5. The Kier molecular flexibility index (Phi) is 10.2. The summed E-state index contributed by atoms with van der Waals surface area (Å²) >= 11 is 5.95. The summed E-state index contributed by atoms with van der Waals surface area (Å²) in [6, 6.07) is 6.55. The van der Waals surface area contributed by atoms with Crippen LogP contribution < -0.4 is 10.6 Å². The average Bonchev–Trinajstić information content (AvgIpc) is 3.74. The van der Waals surface area contributed by atoms with Crippen molar-refractivity contribution in [3.63, 3.8) is 0 Å². The van der Waals surface area contributed by atoms with Gasteiger partial charge in [0.15, 0.2) is 5.76 Å². The molecule has 12 heteroatoms. The zero-order valence-corrected chi connectivity index (χ0v) is 25.6. The van der Waals surface area contributed by atoms with Crippen LogP contribution in [0.1, 0.15) is 63.9 Å². The van der Waals surface area contributed by atoms with Crippen LogP contribution in [0.5, 0.6) is 0 Å². The number of rotatable bonds is 10. The number of nitrogens with zero attached hydrogens (tertiary/aromatic N) is 2. The maximum atomic E-state index is 13.8. The molecule has 0 unspecified atom stereocenters. The highest BCUT2D eigenvalue weighted by Gasteiger charge is 2.44. The molecule has 3 heterocycles. The van der Waals surface area contributed by atoms with Crippen LogP contribution in [0.3, 0.4) is 0 Å². The Bertz CT molecular complexity index is 1360. The Balaban J connectivity index is 1.44. The van der Waals surface area contributed by atoms with Crippen LogP contribution in [0.4, 0.5) is 0 Å². The molecule has 2 aliphatic heterocycles. The van der Waals surface area contributed by atoms with E-state index in [1.807, 2.05) is 0 Å². The van der Waals surface area contributed by atoms with E-state index in [-0.39, 0.29) is 23.5 Å². The molecule has 0 bridgehead atoms. The summed E-state index contributed by atoms with van der Waals surface area (Å²) in [6.07, 6.45) is 2.00. The maximum absolute atomic E-state index is 13.8. The number of amides is 4. The molecule has 2 aliphatic rings. The Labute approximate surface area is 255 Å². The smallest absolute Gasteiger partial charge is 0.326 e. The number of hydrogen-bond donors (Lipinski definition) is 3. The molecule has 0 saturated carbocycles. The third kappa shape index (κ3) is 7.21. The lowest BCUT2D eigenvalue weighted by Gasteiger charge is -2.34. The van der Waals surface area contributed by atoms with Gasteiger partial charge in [0.25, 0.3) is 5.91 Å². The van der Waals surface area contributed by atoms with Crippen molar-refractivity contribution in [3.8, 4) is 11.3 Å². The van der Waals surface area contributed by atoms with E-state index in [1.54, 1.807) is 58.0 Å². The first kappa shape index (κ1) is 32.1. The molecule has 11 nitrogen and oxygen atoms in total. The average molecular weight is 615 g/mol. The summed E-state index contributed by atoms with van der Waals surface area (Å²) in [5, 5.41) is 15.7. The number of benzene rings is 1. The number of carbonyl (C=O) groups is 5. The van der Waals surface area contributed by atoms with Crippen molar-refractivity contribution in [2.24, 2.45) is 11.8 Å². The number of hydrogen-bond acceptors (Lipinski definition) is 6. The van der Waals surface area contributed by atoms with E-state index in [1.165, 1.54) is 15.9 Å². The molecule has 0 aliphatic carbocycles. The van der Waals surface area contributed by atoms with Gasteiger partial charge in [0.2, 0.25) is 17.7 Å². The molecule has 232 valence electrons. The van der Waals surface area contributed by atoms with E-state index in [0.29, 0.717) is 49.6 Å². The number of carboxylic acids is 1. The lowest BCUT2D eigenvalue weighted by molar-refractivity contribution is -0.152. The predicted molar refractivity (Wildman–Crippen MR) is 159 cm³/mol. The van der Waals surface area contributed by atoms with E-state index in [0.717, 1.165) is 5.56 Å². The van der Waals surface area contributed by atoms with Crippen molar-refractivity contribution in [2.75, 3.05) is 13.1 Å². The molecule has 2 fully saturated rings. The summed E-state index contributed by atoms with van der Waals surface area (Å²) in [5.41, 5.74) is 0.738. The largest absolute Gasteiger partial charge is 0.480 e. The Morgan fingerprint density at radius 2 is 1.44 bits per heavy atom. The van der Waals surface area contributed by atoms with Crippen LogP contribution in [-0.2, 0) is 19.2 Å². The number of carboxylic acid groups (broad SMARTS) is 1. The van der Waals surface area contributed by atoms with Gasteiger partial charge in [0.1, 0.15) is 29.9 Å². The number of furan rings is 1. The van der Waals surface area contributed by atoms with E-state index < -0.39 is 47.9 Å². The van der Waals surface area contributed by atoms with Crippen molar-refractivity contribution >= 4 is 41.2 Å². The molecular weight excluding hydrogens is 576 g/mol. The van der Waals surface area contributed by atoms with E-state index in [9.17, 15) is 29.1 Å². The topological polar surface area (TPSA) is 149 Å². The fourth-order valence-electron chi connectivity index (χ4n) is 5.68. The lowest BCUT2D eigenvalue weighted by atomic mass is 9.98. The SMILES string of the molecule is CC(C)[C@H](NC(=O)c1ccc(-c2ccc(Cl)cc2)o1)C(=O)N[C@H](C(=O)N1CCC[C@H]1C(=O)N1CCC[C@H]1C(=O)O)C(C)C. The summed E-state index contributed by atoms with van der Waals surface area (Å²) < 4.78 is 5.74. The van der Waals surface area contributed by atoms with Gasteiger partial charge < -0.3 is 30.0 Å². The van der Waals surface area contributed by atoms with Crippen molar-refractivity contribution in [1.29, 1.82) is 0 Å². The molecule has 4 atom stereocenters. The summed E-state index contributed by atoms with van der Waals surface area (Å²) in [7, 11) is 0. The monoisotopic (exact) mass is 614 g/mol. The minimum absolute atomic E-state index is 0.0277. The molecule has 0 spiro atoms. The van der Waals surface area contributed by atoms with Crippen LogP contribution in [0.2, 0.25) is 5.02 Å². The second-order valence-corrected chi connectivity index (χ2v) is 12.3. The Morgan fingerprint density at radius 3 is 2.05 bits per heavy atom. The van der Waals surface area contributed by atoms with E-state index in [2.05, 4.69) is 10.6 Å². The highest BCUT2D eigenvalue weighted by molar-refractivity contribution is 6.30. The molecular formula is C31H39ClN4O7. The normalized spacial score (nSPS) is 19.9. The summed E-state index contributed by atoms with van der Waals surface area (Å²) in [4.78, 5) is 68.2. The minimum atomic E-state index is -1.05. The van der Waals surface area contributed by atoms with Crippen LogP contribution in [-0.4, -0.2) is 81.8 Å². The predicted octanol–water partition coefficient (Wildman–Crippen LogP) is 3.56. The second kappa shape index (κ2) is 13.6. The quantitative estimate of drug-likeness (QED) is 0.370. The molecule has 1 aromatic carbocycles. The highest BCUT2D eigenvalue weighted by Crippen LogP contribution is 2.27. The van der Waals surface area contributed by atoms with E-state index >= 15 is 0 Å². The zero-order chi connectivity index (χ0) is 31.4. The zero-order valence-electron chi connectivity index (χ0n) is 24.8. The van der Waals surface area contributed by atoms with Gasteiger partial charge in [-0.25, -0.2) is 4.79 Å². The molecule has 43 heavy (non-hydrogen) atoms. The van der Waals surface area contributed by atoms with Crippen LogP contribution in [0.15, 0.2) is 40.8 Å². The molecule has 1 aromatic heterocycles. The molecule has 2 saturated heterocycles. The number of halogens is 1. The van der Waals surface area contributed by atoms with Gasteiger partial charge in [-0.3, -0.25) is 19.2 Å². The van der Waals surface area contributed by atoms with Gasteiger partial charge >= 0.3 is 5.97 Å². The third-order valence-electron chi connectivity index (χ3n) is 8.07. The number of nitrogens with one attached hydrogen (secondary N) is 2. The number of carbonyl (C=O) groups excluding carboxylic acids is 4. The number of aliphatic carboxylic acids is 1. The number of likely N-dealkylation sites (tertiary alicyclic amines) is 2. The van der Waals surface area contributed by atoms with Crippen LogP contribution in [0, 0.1) is 11.8 Å². The van der Waals surface area contributed by atoms with Gasteiger partial charge in [-0.15, -0.1) is 0 Å². The fraction of sp³-hybridized carbons (Fsp3) is 0.516. The third-order valence-corrected chi connectivity index (χ3v) is 8.32. The minimum Gasteiger partial charge on any atom is -0.480 e. The van der Waals surface area contributed by atoms with Gasteiger partial charge in [-0.1, -0.05) is 39.3 Å². The molecule has 3 N–H and O–H groups in total. The molecule has 2 aromatic rings. The lowest BCUT2D eigenvalue weighted by Crippen LogP contribution is -2.59. The molecule has 0 radical (unpaired) electrons. The van der Waals surface area contributed by atoms with Crippen LogP contribution >= 0.6 is 11.6 Å². The van der Waals surface area contributed by atoms with Gasteiger partial charge in [-0.05, 0) is 73.9 Å². The first-order chi connectivity index (χ1) is 20.4. The standard InChI is InChI=1S/C31H39ClN4O7/c1-17(2)25(33-27(37)24-14-13-23(43-24)19-9-11-20(32)12-10-19)28(38)34-26(18(3)4)30(40)35-15-5-7-21(35)29(39)36-16-6-8-22(36)31(41)42/h9-14,17-18,21-22,25-26H,5-8,15-16H2,1-4H3,(H,33,37)(H,34,38)(H,41,42)/t21-,22-,25-,26-/m0/s1. The first-order valence-corrected chi connectivity index (χ1v) is 15.1. The van der Waals surface area contributed by atoms with Crippen LogP contribution in [0.25, 0.3) is 11.3 Å². The van der Waals surface area contributed by atoms with Gasteiger partial charge in [0, 0.05) is 23.7 Å². The van der Waals surface area contributed by atoms with Gasteiger partial charge in [-0.2, -0.15) is 0 Å². The molecule has 4 amide bonds. The maximum Gasteiger partial charge on any atom is 0.326 e. The van der Waals surface area contributed by atoms with E-state index in [4.69, 9.17) is 16.0 Å². The van der Waals surface area contributed by atoms with Crippen molar-refractivity contribution in [3.05, 3.63) is 47.2 Å². The Morgan fingerprint density at radius 1 is 0.837 bits per heavy atom. The fourth-order valence-corrected chi connectivity index (χ4v) is 5.80. The molecule has 4 rings (SSSR count). The Hall–Kier alpha value is -3.86. The summed E-state index contributed by atoms with van der Waals surface area (Å²) in [6.45, 7) is 7.82. The first-order valence-electron chi connectivity index (χ1n) is 14.7. The van der Waals surface area contributed by atoms with Gasteiger partial charge in [0.05, 0.1) is 0 Å². The second-order valence-electron chi connectivity index (χ2n) is 11.8. The van der Waals surface area contributed by atoms with Crippen molar-refractivity contribution in [2.45, 2.75) is 77.5 Å². The van der Waals surface area contributed by atoms with Crippen molar-refractivity contribution < 1.29 is 33.5 Å².